The molecule has 0 saturated carbocycles. The first-order valence-corrected chi connectivity index (χ1v) is 13.2. The van der Waals surface area contributed by atoms with Gasteiger partial charge in [0.1, 0.15) is 6.04 Å². The molecule has 3 aromatic rings. The number of nitrogens with two attached hydrogens (primary N) is 1. The van der Waals surface area contributed by atoms with Crippen LogP contribution < -0.4 is 10.6 Å². The molecule has 0 saturated heterocycles. The van der Waals surface area contributed by atoms with Gasteiger partial charge in [-0.1, -0.05) is 36.4 Å². The number of rotatable bonds is 12. The number of hydrogen-bond acceptors (Lipinski definition) is 8. The van der Waals surface area contributed by atoms with Gasteiger partial charge < -0.3 is 26.0 Å². The Kier molecular flexibility index (Phi) is 10.5. The van der Waals surface area contributed by atoms with Crippen molar-refractivity contribution in [3.63, 3.8) is 0 Å². The summed E-state index contributed by atoms with van der Waals surface area (Å²) in [6.45, 7) is 2.45. The molecule has 0 unspecified atom stereocenters. The Labute approximate surface area is 251 Å². The maximum atomic E-state index is 12.9. The summed E-state index contributed by atoms with van der Waals surface area (Å²) in [5.41, 5.74) is 6.20. The fourth-order valence-electron chi connectivity index (χ4n) is 4.95. The van der Waals surface area contributed by atoms with E-state index < -0.39 is 53.3 Å². The highest BCUT2D eigenvalue weighted by Crippen LogP contribution is 2.34. The van der Waals surface area contributed by atoms with Crippen LogP contribution in [0.25, 0.3) is 0 Å². The number of carboxylic acid groups (broad SMARTS) is 2. The van der Waals surface area contributed by atoms with Gasteiger partial charge in [0.25, 0.3) is 5.69 Å². The number of primary amides is 1. The van der Waals surface area contributed by atoms with E-state index in [-0.39, 0.29) is 41.0 Å². The number of nitro benzene ring substituents is 1. The van der Waals surface area contributed by atoms with Crippen molar-refractivity contribution < 1.29 is 44.2 Å². The smallest absolute Gasteiger partial charge is 0.395 e. The van der Waals surface area contributed by atoms with Crippen molar-refractivity contribution in [3.8, 4) is 0 Å². The molecule has 44 heavy (non-hydrogen) atoms. The Balaban J connectivity index is 2.09. The Morgan fingerprint density at radius 2 is 1.59 bits per heavy atom. The van der Waals surface area contributed by atoms with E-state index in [2.05, 4.69) is 0 Å². The van der Waals surface area contributed by atoms with E-state index in [1.165, 1.54) is 78.6 Å². The number of aliphatic hydroxyl groups is 1. The van der Waals surface area contributed by atoms with Gasteiger partial charge in [-0.3, -0.25) is 29.4 Å². The molecule has 5 N–H and O–H groups in total. The SMILES string of the molecule is CC(=O)N([C@@H](Cc1ccc(N(C(=O)C(=O)O)c2ccccc2C(=O)O)c(CCO)c1)C(N)=O)[C@@H](C)c1ccc([N+](=O)[O-])cc1. The number of carbonyl (C=O) groups is 5. The number of aliphatic hydroxyl groups excluding tert-OH is 1. The maximum absolute atomic E-state index is 12.9. The zero-order valence-corrected chi connectivity index (χ0v) is 23.7. The van der Waals surface area contributed by atoms with E-state index in [0.29, 0.717) is 11.1 Å². The number of carbonyl (C=O) groups excluding carboxylic acids is 3. The van der Waals surface area contributed by atoms with E-state index in [1.54, 1.807) is 6.92 Å². The summed E-state index contributed by atoms with van der Waals surface area (Å²) in [5, 5.41) is 40.1. The monoisotopic (exact) mass is 606 g/mol. The van der Waals surface area contributed by atoms with Gasteiger partial charge in [-0.05, 0) is 48.2 Å². The normalized spacial score (nSPS) is 12.1. The predicted molar refractivity (Wildman–Crippen MR) is 156 cm³/mol. The number of hydrogen-bond donors (Lipinski definition) is 4. The molecule has 0 aliphatic rings. The van der Waals surface area contributed by atoms with Gasteiger partial charge in [0, 0.05) is 32.1 Å². The number of para-hydroxylation sites is 1. The van der Waals surface area contributed by atoms with Crippen LogP contribution in [0.2, 0.25) is 0 Å². The number of non-ortho nitro benzene ring substituents is 1. The quantitative estimate of drug-likeness (QED) is 0.134. The molecular formula is C30H30N4O10. The summed E-state index contributed by atoms with van der Waals surface area (Å²) in [6.07, 6.45) is -0.206. The minimum absolute atomic E-state index is 0.0119. The van der Waals surface area contributed by atoms with Gasteiger partial charge in [-0.25, -0.2) is 9.59 Å². The van der Waals surface area contributed by atoms with Crippen molar-refractivity contribution in [2.75, 3.05) is 11.5 Å². The topological polar surface area (TPSA) is 222 Å². The van der Waals surface area contributed by atoms with Crippen LogP contribution in [-0.4, -0.2) is 67.5 Å². The molecule has 0 spiro atoms. The summed E-state index contributed by atoms with van der Waals surface area (Å²) < 4.78 is 0. The summed E-state index contributed by atoms with van der Waals surface area (Å²) in [7, 11) is 0. The number of amides is 3. The number of benzene rings is 3. The Hall–Kier alpha value is -5.63. The number of nitrogens with zero attached hydrogens (tertiary/aromatic N) is 3. The molecular weight excluding hydrogens is 576 g/mol. The van der Waals surface area contributed by atoms with E-state index >= 15 is 0 Å². The van der Waals surface area contributed by atoms with Crippen molar-refractivity contribution in [1.82, 2.24) is 4.90 Å². The summed E-state index contributed by atoms with van der Waals surface area (Å²) in [6, 6.07) is 13.2. The van der Waals surface area contributed by atoms with Gasteiger partial charge >= 0.3 is 17.8 Å². The Bertz CT molecular complexity index is 1610. The molecule has 0 bridgehead atoms. The molecule has 0 fully saturated rings. The lowest BCUT2D eigenvalue weighted by Gasteiger charge is -2.35. The van der Waals surface area contributed by atoms with Crippen molar-refractivity contribution in [1.29, 1.82) is 0 Å². The number of carboxylic acids is 2. The van der Waals surface area contributed by atoms with Crippen LogP contribution in [0.3, 0.4) is 0 Å². The molecule has 3 amide bonds. The highest BCUT2D eigenvalue weighted by Gasteiger charge is 2.33. The number of aliphatic carboxylic acids is 1. The highest BCUT2D eigenvalue weighted by molar-refractivity contribution is 6.39. The summed E-state index contributed by atoms with van der Waals surface area (Å²) >= 11 is 0. The third kappa shape index (κ3) is 7.22. The van der Waals surface area contributed by atoms with Crippen molar-refractivity contribution in [3.05, 3.63) is 99.1 Å². The van der Waals surface area contributed by atoms with Crippen molar-refractivity contribution >= 4 is 46.7 Å². The van der Waals surface area contributed by atoms with E-state index in [4.69, 9.17) is 5.73 Å². The van der Waals surface area contributed by atoms with Crippen LogP contribution in [0.4, 0.5) is 17.1 Å². The largest absolute Gasteiger partial charge is 0.478 e. The average molecular weight is 607 g/mol. The van der Waals surface area contributed by atoms with Gasteiger partial charge in [-0.15, -0.1) is 0 Å². The van der Waals surface area contributed by atoms with Crippen molar-refractivity contribution in [2.24, 2.45) is 5.73 Å². The number of nitro groups is 1. The van der Waals surface area contributed by atoms with E-state index in [9.17, 15) is 49.4 Å². The zero-order valence-electron chi connectivity index (χ0n) is 23.7. The fourth-order valence-corrected chi connectivity index (χ4v) is 4.95. The second-order valence-corrected chi connectivity index (χ2v) is 9.78. The number of aromatic carboxylic acids is 1. The third-order valence-electron chi connectivity index (χ3n) is 6.99. The van der Waals surface area contributed by atoms with Crippen LogP contribution in [0.15, 0.2) is 66.7 Å². The summed E-state index contributed by atoms with van der Waals surface area (Å²) in [5.74, 6) is -6.05. The Morgan fingerprint density at radius 1 is 0.955 bits per heavy atom. The van der Waals surface area contributed by atoms with Gasteiger partial charge in [0.15, 0.2) is 0 Å². The third-order valence-corrected chi connectivity index (χ3v) is 6.99. The van der Waals surface area contributed by atoms with Gasteiger partial charge in [-0.2, -0.15) is 0 Å². The molecule has 0 aliphatic carbocycles. The molecule has 14 nitrogen and oxygen atoms in total. The lowest BCUT2D eigenvalue weighted by atomic mass is 9.96. The molecule has 0 aliphatic heterocycles. The number of anilines is 2. The highest BCUT2D eigenvalue weighted by atomic mass is 16.6. The standard InChI is InChI=1S/C30H30N4O10/c1-17(20-8-10-22(11-9-20)34(43)44)32(18(2)36)26(27(31)37)16-19-7-12-24(21(15-19)13-14-35)33(28(38)30(41)42)25-6-4-3-5-23(25)29(39)40/h3-12,15,17,26,35H,13-14,16H2,1-2H3,(H2,31,37)(H,39,40)(H,41,42)/t17-,26-/m0/s1. The average Bonchev–Trinajstić information content (AvgIpc) is 2.97. The minimum atomic E-state index is -1.85. The summed E-state index contributed by atoms with van der Waals surface area (Å²) in [4.78, 5) is 74.5. The van der Waals surface area contributed by atoms with E-state index in [1.807, 2.05) is 0 Å². The Morgan fingerprint density at radius 3 is 2.11 bits per heavy atom. The van der Waals surface area contributed by atoms with Crippen LogP contribution in [0.5, 0.6) is 0 Å². The first kappa shape index (κ1) is 32.9. The lowest BCUT2D eigenvalue weighted by molar-refractivity contribution is -0.384. The van der Waals surface area contributed by atoms with E-state index in [0.717, 1.165) is 4.90 Å². The molecule has 3 aromatic carbocycles. The molecule has 2 atom stereocenters. The molecule has 0 aromatic heterocycles. The predicted octanol–water partition coefficient (Wildman–Crippen LogP) is 2.58. The second kappa shape index (κ2) is 14.0. The van der Waals surface area contributed by atoms with Gasteiger partial charge in [0.05, 0.1) is 27.9 Å². The van der Waals surface area contributed by atoms with Gasteiger partial charge in [0.2, 0.25) is 11.8 Å². The maximum Gasteiger partial charge on any atom is 0.395 e. The molecule has 3 rings (SSSR count). The minimum Gasteiger partial charge on any atom is -0.478 e. The molecule has 0 heterocycles. The first-order chi connectivity index (χ1) is 20.8. The molecule has 230 valence electrons. The van der Waals surface area contributed by atoms with Crippen LogP contribution in [-0.2, 0) is 32.0 Å². The zero-order chi connectivity index (χ0) is 32.7. The second-order valence-electron chi connectivity index (χ2n) is 9.78. The van der Waals surface area contributed by atoms with Crippen LogP contribution in [0.1, 0.15) is 46.9 Å². The first-order valence-electron chi connectivity index (χ1n) is 13.2. The van der Waals surface area contributed by atoms with Crippen LogP contribution in [0, 0.1) is 10.1 Å². The molecule has 14 heteroatoms. The van der Waals surface area contributed by atoms with Crippen LogP contribution >= 0.6 is 0 Å². The lowest BCUT2D eigenvalue weighted by Crippen LogP contribution is -2.49. The molecule has 0 radical (unpaired) electrons. The fraction of sp³-hybridized carbons (Fsp3) is 0.233. The van der Waals surface area contributed by atoms with Crippen molar-refractivity contribution in [2.45, 2.75) is 38.8 Å².